The van der Waals surface area contributed by atoms with Gasteiger partial charge in [-0.3, -0.25) is 19.6 Å². The normalized spacial score (nSPS) is 26.5. The molecule has 7 nitrogen and oxygen atoms in total. The highest BCUT2D eigenvalue weighted by Crippen LogP contribution is 2.47. The summed E-state index contributed by atoms with van der Waals surface area (Å²) in [5, 5.41) is 13.7. The number of nitrogens with zero attached hydrogens (tertiary/aromatic N) is 3. The molecule has 1 fully saturated rings. The highest BCUT2D eigenvalue weighted by atomic mass is 35.5. The monoisotopic (exact) mass is 558 g/mol. The van der Waals surface area contributed by atoms with Crippen LogP contribution >= 0.6 is 11.6 Å². The van der Waals surface area contributed by atoms with E-state index in [0.717, 1.165) is 12.3 Å². The van der Waals surface area contributed by atoms with Gasteiger partial charge in [-0.25, -0.2) is 13.2 Å². The van der Waals surface area contributed by atoms with Gasteiger partial charge in [-0.2, -0.15) is 0 Å². The maximum atomic E-state index is 14.2. The van der Waals surface area contributed by atoms with Crippen LogP contribution in [0.1, 0.15) is 40.0 Å². The molecule has 0 saturated heterocycles. The Bertz CT molecular complexity index is 1380. The van der Waals surface area contributed by atoms with Crippen LogP contribution in [0.25, 0.3) is 0 Å². The van der Waals surface area contributed by atoms with E-state index in [1.807, 2.05) is 0 Å². The zero-order chi connectivity index (χ0) is 27.9. The van der Waals surface area contributed by atoms with Crippen molar-refractivity contribution in [1.29, 1.82) is 0 Å². The number of rotatable bonds is 6. The zero-order valence-corrected chi connectivity index (χ0v) is 21.7. The minimum absolute atomic E-state index is 0.0269. The number of pyridine rings is 2. The fraction of sp³-hybridized carbons (Fsp3) is 0.357. The van der Waals surface area contributed by atoms with Gasteiger partial charge >= 0.3 is 0 Å². The highest BCUT2D eigenvalue weighted by molar-refractivity contribution is 6.21. The zero-order valence-electron chi connectivity index (χ0n) is 20.9. The molecule has 2 aromatic heterocycles. The molecule has 2 amide bonds. The number of nitrogens with one attached hydrogen (secondary N) is 1. The third-order valence-corrected chi connectivity index (χ3v) is 8.15. The molecule has 2 N–H and O–H groups in total. The number of halogens is 4. The number of alkyl halides is 3. The van der Waals surface area contributed by atoms with E-state index in [-0.39, 0.29) is 36.2 Å². The van der Waals surface area contributed by atoms with E-state index in [9.17, 15) is 27.9 Å². The number of aromatic nitrogens is 2. The highest BCUT2D eigenvalue weighted by Gasteiger charge is 2.54. The first-order chi connectivity index (χ1) is 18.6. The fourth-order valence-corrected chi connectivity index (χ4v) is 6.00. The Hall–Kier alpha value is -3.50. The van der Waals surface area contributed by atoms with E-state index in [0.29, 0.717) is 11.3 Å². The lowest BCUT2D eigenvalue weighted by Crippen LogP contribution is -2.52. The van der Waals surface area contributed by atoms with Crippen LogP contribution in [0.4, 0.5) is 18.9 Å². The summed E-state index contributed by atoms with van der Waals surface area (Å²) in [4.78, 5) is 35.6. The summed E-state index contributed by atoms with van der Waals surface area (Å²) in [6.45, 7) is 1.74. The molecule has 1 aliphatic heterocycles. The average molecular weight is 559 g/mol. The molecule has 1 saturated carbocycles. The number of carbonyl (C=O) groups excluding carboxylic acids is 2. The number of benzene rings is 1. The number of amides is 2. The summed E-state index contributed by atoms with van der Waals surface area (Å²) >= 11 is 6.71. The van der Waals surface area contributed by atoms with Gasteiger partial charge < -0.3 is 15.3 Å². The first kappa shape index (κ1) is 27.1. The van der Waals surface area contributed by atoms with Crippen molar-refractivity contribution in [1.82, 2.24) is 15.3 Å². The van der Waals surface area contributed by atoms with E-state index >= 15 is 0 Å². The van der Waals surface area contributed by atoms with E-state index < -0.39 is 52.9 Å². The second-order valence-corrected chi connectivity index (χ2v) is 10.6. The van der Waals surface area contributed by atoms with Crippen molar-refractivity contribution in [3.63, 3.8) is 0 Å². The standard InChI is InChI=1S/C28H26ClF3N4O3/c1-15-4-2-6-20-24(15)36(27(38)28(20,39)23-8-7-18(30)13-34-23)14-17-10-19(25(31)32)22(11-21(17)29)35-26(37)16-5-3-9-33-12-16/h2-9,12-13,17,19,21-22,25,39H,10-11,14H2,1H3,(H,35,37)/t17-,19-,21-,22-,28-/m1/s1. The van der Waals surface area contributed by atoms with Crippen LogP contribution in [-0.4, -0.2) is 51.3 Å². The molecule has 3 aromatic rings. The maximum Gasteiger partial charge on any atom is 0.270 e. The van der Waals surface area contributed by atoms with Crippen molar-refractivity contribution in [3.8, 4) is 0 Å². The molecule has 5 atom stereocenters. The number of anilines is 1. The molecule has 204 valence electrons. The lowest BCUT2D eigenvalue weighted by molar-refractivity contribution is -0.132. The van der Waals surface area contributed by atoms with Crippen LogP contribution < -0.4 is 10.2 Å². The summed E-state index contributed by atoms with van der Waals surface area (Å²) in [6.07, 6.45) is 1.06. The number of aryl methyl sites for hydroxylation is 1. The van der Waals surface area contributed by atoms with Crippen LogP contribution in [0, 0.1) is 24.6 Å². The Labute approximate surface area is 228 Å². The second-order valence-electron chi connectivity index (χ2n) is 10.0. The lowest BCUT2D eigenvalue weighted by atomic mass is 9.77. The third-order valence-electron chi connectivity index (χ3n) is 7.61. The number of para-hydroxylation sites is 1. The summed E-state index contributed by atoms with van der Waals surface area (Å²) in [5.41, 5.74) is -0.553. The van der Waals surface area contributed by atoms with E-state index in [2.05, 4.69) is 15.3 Å². The Balaban J connectivity index is 1.41. The smallest absolute Gasteiger partial charge is 0.270 e. The summed E-state index contributed by atoms with van der Waals surface area (Å²) in [7, 11) is 0. The van der Waals surface area contributed by atoms with Crippen molar-refractivity contribution < 1.29 is 27.9 Å². The molecule has 0 unspecified atom stereocenters. The first-order valence-electron chi connectivity index (χ1n) is 12.5. The average Bonchev–Trinajstić information content (AvgIpc) is 3.14. The largest absolute Gasteiger partial charge is 0.370 e. The number of carbonyl (C=O) groups is 2. The fourth-order valence-electron chi connectivity index (χ4n) is 5.62. The van der Waals surface area contributed by atoms with Gasteiger partial charge in [-0.05, 0) is 55.5 Å². The topological polar surface area (TPSA) is 95.4 Å². The molecule has 5 rings (SSSR count). The molecule has 1 aliphatic carbocycles. The maximum absolute atomic E-state index is 14.2. The second kappa shape index (κ2) is 10.6. The van der Waals surface area contributed by atoms with Crippen molar-refractivity contribution in [3.05, 3.63) is 89.3 Å². The van der Waals surface area contributed by atoms with Crippen LogP contribution in [0.5, 0.6) is 0 Å². The molecule has 0 bridgehead atoms. The van der Waals surface area contributed by atoms with Crippen molar-refractivity contribution >= 4 is 29.1 Å². The molecular weight excluding hydrogens is 533 g/mol. The predicted molar refractivity (Wildman–Crippen MR) is 138 cm³/mol. The summed E-state index contributed by atoms with van der Waals surface area (Å²) in [5.74, 6) is -3.61. The number of hydrogen-bond donors (Lipinski definition) is 2. The molecule has 0 radical (unpaired) electrons. The SMILES string of the molecule is Cc1cccc2c1N(C[C@H]1C[C@@H](C(F)F)[C@H](NC(=O)c3cccnc3)C[C@H]1Cl)C(=O)[C@]2(O)c1ccc(F)cn1. The van der Waals surface area contributed by atoms with Gasteiger partial charge in [-0.1, -0.05) is 18.2 Å². The van der Waals surface area contributed by atoms with Gasteiger partial charge in [0.1, 0.15) is 5.82 Å². The van der Waals surface area contributed by atoms with Gasteiger partial charge in [0, 0.05) is 41.8 Å². The van der Waals surface area contributed by atoms with Gasteiger partial charge in [0.05, 0.1) is 23.1 Å². The summed E-state index contributed by atoms with van der Waals surface area (Å²) in [6, 6.07) is 9.65. The van der Waals surface area contributed by atoms with Crippen molar-refractivity contribution in [2.75, 3.05) is 11.4 Å². The molecule has 0 spiro atoms. The molecule has 11 heteroatoms. The van der Waals surface area contributed by atoms with Crippen LogP contribution in [0.3, 0.4) is 0 Å². The Morgan fingerprint density at radius 2 is 2.00 bits per heavy atom. The lowest BCUT2D eigenvalue weighted by Gasteiger charge is -2.40. The van der Waals surface area contributed by atoms with Gasteiger partial charge in [-0.15, -0.1) is 11.6 Å². The van der Waals surface area contributed by atoms with Gasteiger partial charge in [0.15, 0.2) is 0 Å². The van der Waals surface area contributed by atoms with Gasteiger partial charge in [0.25, 0.3) is 11.8 Å². The number of aliphatic hydroxyl groups is 1. The van der Waals surface area contributed by atoms with Crippen LogP contribution in [0.2, 0.25) is 0 Å². The Kier molecular flexibility index (Phi) is 7.35. The molecule has 2 aliphatic rings. The predicted octanol–water partition coefficient (Wildman–Crippen LogP) is 4.20. The minimum Gasteiger partial charge on any atom is -0.370 e. The van der Waals surface area contributed by atoms with Crippen LogP contribution in [-0.2, 0) is 10.4 Å². The van der Waals surface area contributed by atoms with Crippen molar-refractivity contribution in [2.24, 2.45) is 11.8 Å². The molecule has 1 aromatic carbocycles. The minimum atomic E-state index is -2.74. The Morgan fingerprint density at radius 3 is 2.67 bits per heavy atom. The third kappa shape index (κ3) is 4.87. The first-order valence-corrected chi connectivity index (χ1v) is 12.9. The molecule has 3 heterocycles. The van der Waals surface area contributed by atoms with Crippen LogP contribution in [0.15, 0.2) is 61.1 Å². The Morgan fingerprint density at radius 1 is 1.21 bits per heavy atom. The quantitative estimate of drug-likeness (QED) is 0.442. The van der Waals surface area contributed by atoms with Crippen molar-refractivity contribution in [2.45, 2.75) is 43.2 Å². The van der Waals surface area contributed by atoms with E-state index in [1.165, 1.54) is 23.4 Å². The van der Waals surface area contributed by atoms with Gasteiger partial charge in [0.2, 0.25) is 12.0 Å². The number of hydrogen-bond acceptors (Lipinski definition) is 5. The summed E-state index contributed by atoms with van der Waals surface area (Å²) < 4.78 is 42.0. The molecular formula is C28H26ClF3N4O3. The molecule has 39 heavy (non-hydrogen) atoms. The number of fused-ring (bicyclic) bond motifs is 1. The van der Waals surface area contributed by atoms with E-state index in [1.54, 1.807) is 37.3 Å². The van der Waals surface area contributed by atoms with E-state index in [4.69, 9.17) is 11.6 Å².